The fourth-order valence-electron chi connectivity index (χ4n) is 2.30. The van der Waals surface area contributed by atoms with Gasteiger partial charge in [0.15, 0.2) is 0 Å². The quantitative estimate of drug-likeness (QED) is 0.393. The highest BCUT2D eigenvalue weighted by Crippen LogP contribution is 2.34. The summed E-state index contributed by atoms with van der Waals surface area (Å²) < 4.78 is 13.5. The lowest BCUT2D eigenvalue weighted by molar-refractivity contribution is -0.384. The zero-order chi connectivity index (χ0) is 18.8. The van der Waals surface area contributed by atoms with Gasteiger partial charge in [-0.1, -0.05) is 18.2 Å². The molecule has 1 aliphatic rings. The molecule has 2 amide bonds. The third-order valence-corrected chi connectivity index (χ3v) is 5.12. The third kappa shape index (κ3) is 3.83. The van der Waals surface area contributed by atoms with E-state index in [-0.39, 0.29) is 21.6 Å². The number of non-ortho nitro benzene ring substituents is 1. The molecule has 0 bridgehead atoms. The molecule has 26 heavy (non-hydrogen) atoms. The van der Waals surface area contributed by atoms with Crippen LogP contribution in [0.3, 0.4) is 0 Å². The van der Waals surface area contributed by atoms with E-state index in [0.717, 1.165) is 16.7 Å². The maximum Gasteiger partial charge on any atom is 0.293 e. The molecule has 0 aliphatic carbocycles. The van der Waals surface area contributed by atoms with Crippen LogP contribution in [0.25, 0.3) is 6.08 Å². The summed E-state index contributed by atoms with van der Waals surface area (Å²) in [5.41, 5.74) is 1.12. The SMILES string of the molecule is O=C1S/C(=C/c2ccc(F)c(Br)c2)C(=O)N1Cc1ccc([N+](=O)[O-])cc1. The second-order valence-electron chi connectivity index (χ2n) is 5.36. The Morgan fingerprint density at radius 2 is 1.88 bits per heavy atom. The number of hydrogen-bond donors (Lipinski definition) is 0. The maximum atomic E-state index is 13.3. The van der Waals surface area contributed by atoms with Gasteiger partial charge < -0.3 is 0 Å². The van der Waals surface area contributed by atoms with E-state index in [4.69, 9.17) is 0 Å². The number of rotatable bonds is 4. The molecule has 0 N–H and O–H groups in total. The summed E-state index contributed by atoms with van der Waals surface area (Å²) in [7, 11) is 0. The van der Waals surface area contributed by atoms with Crippen molar-refractivity contribution in [3.63, 3.8) is 0 Å². The number of benzene rings is 2. The van der Waals surface area contributed by atoms with E-state index in [9.17, 15) is 24.1 Å². The first-order chi connectivity index (χ1) is 12.3. The number of nitrogens with zero attached hydrogens (tertiary/aromatic N) is 2. The minimum Gasteiger partial charge on any atom is -0.268 e. The van der Waals surface area contributed by atoms with E-state index in [1.165, 1.54) is 48.5 Å². The zero-order valence-electron chi connectivity index (χ0n) is 13.0. The molecule has 1 saturated heterocycles. The molecule has 0 unspecified atom stereocenters. The zero-order valence-corrected chi connectivity index (χ0v) is 15.4. The van der Waals surface area contributed by atoms with Crippen molar-refractivity contribution in [2.24, 2.45) is 0 Å². The van der Waals surface area contributed by atoms with E-state index in [1.807, 2.05) is 0 Å². The Bertz CT molecular complexity index is 946. The summed E-state index contributed by atoms with van der Waals surface area (Å²) in [6, 6.07) is 9.92. The molecule has 2 aromatic carbocycles. The fraction of sp³-hybridized carbons (Fsp3) is 0.0588. The second-order valence-corrected chi connectivity index (χ2v) is 7.21. The minimum absolute atomic E-state index is 0.0209. The molecule has 2 aromatic rings. The van der Waals surface area contributed by atoms with Crippen LogP contribution in [0, 0.1) is 15.9 Å². The fourth-order valence-corrected chi connectivity index (χ4v) is 3.53. The van der Waals surface area contributed by atoms with E-state index in [1.54, 1.807) is 0 Å². The maximum absolute atomic E-state index is 13.3. The number of carbonyl (C=O) groups excluding carboxylic acids is 2. The van der Waals surface area contributed by atoms with Crippen LogP contribution in [0.15, 0.2) is 51.8 Å². The Balaban J connectivity index is 1.79. The molecule has 0 aromatic heterocycles. The van der Waals surface area contributed by atoms with Gasteiger partial charge in [-0.05, 0) is 57.0 Å². The number of nitro benzene ring substituents is 1. The molecule has 9 heteroatoms. The predicted molar refractivity (Wildman–Crippen MR) is 98.7 cm³/mol. The van der Waals surface area contributed by atoms with Crippen molar-refractivity contribution in [3.8, 4) is 0 Å². The number of nitro groups is 1. The molecular weight excluding hydrogens is 427 g/mol. The molecule has 132 valence electrons. The van der Waals surface area contributed by atoms with Crippen molar-refractivity contribution in [1.29, 1.82) is 0 Å². The van der Waals surface area contributed by atoms with Gasteiger partial charge in [0.1, 0.15) is 5.82 Å². The van der Waals surface area contributed by atoms with E-state index < -0.39 is 21.9 Å². The van der Waals surface area contributed by atoms with Crippen molar-refractivity contribution < 1.29 is 18.9 Å². The lowest BCUT2D eigenvalue weighted by Crippen LogP contribution is -2.27. The summed E-state index contributed by atoms with van der Waals surface area (Å²) in [5.74, 6) is -0.882. The molecule has 1 aliphatic heterocycles. The number of carbonyl (C=O) groups is 2. The van der Waals surface area contributed by atoms with Crippen LogP contribution in [-0.4, -0.2) is 21.0 Å². The first kappa shape index (κ1) is 18.3. The Kier molecular flexibility index (Phi) is 5.19. The standard InChI is InChI=1S/C17H10BrFN2O4S/c18-13-7-11(3-6-14(13)19)8-15-16(22)20(17(23)26-15)9-10-1-4-12(5-2-10)21(24)25/h1-8H,9H2/b15-8+. The molecule has 1 fully saturated rings. The van der Waals surface area contributed by atoms with E-state index in [0.29, 0.717) is 11.1 Å². The lowest BCUT2D eigenvalue weighted by atomic mass is 10.2. The van der Waals surface area contributed by atoms with Gasteiger partial charge in [-0.15, -0.1) is 0 Å². The monoisotopic (exact) mass is 436 g/mol. The first-order valence-electron chi connectivity index (χ1n) is 7.29. The average Bonchev–Trinajstić information content (AvgIpc) is 2.86. The number of amides is 2. The molecule has 3 rings (SSSR count). The molecule has 0 spiro atoms. The van der Waals surface area contributed by atoms with Gasteiger partial charge in [0.25, 0.3) is 16.8 Å². The second kappa shape index (κ2) is 7.38. The van der Waals surface area contributed by atoms with Crippen LogP contribution in [0.5, 0.6) is 0 Å². The third-order valence-electron chi connectivity index (χ3n) is 3.60. The smallest absolute Gasteiger partial charge is 0.268 e. The van der Waals surface area contributed by atoms with E-state index in [2.05, 4.69) is 15.9 Å². The van der Waals surface area contributed by atoms with Gasteiger partial charge >= 0.3 is 0 Å². The van der Waals surface area contributed by atoms with Crippen LogP contribution in [0.1, 0.15) is 11.1 Å². The first-order valence-corrected chi connectivity index (χ1v) is 8.90. The van der Waals surface area contributed by atoms with Crippen LogP contribution >= 0.6 is 27.7 Å². The van der Waals surface area contributed by atoms with Gasteiger partial charge in [-0.25, -0.2) is 4.39 Å². The Morgan fingerprint density at radius 3 is 2.50 bits per heavy atom. The Labute approximate surface area is 160 Å². The summed E-state index contributed by atoms with van der Waals surface area (Å²) in [5, 5.41) is 10.2. The van der Waals surface area contributed by atoms with Gasteiger partial charge in [-0.2, -0.15) is 0 Å². The summed E-state index contributed by atoms with van der Waals surface area (Å²) in [6.07, 6.45) is 1.52. The van der Waals surface area contributed by atoms with Gasteiger partial charge in [0.05, 0.1) is 20.8 Å². The molecule has 0 atom stereocenters. The van der Waals surface area contributed by atoms with Crippen LogP contribution in [0.4, 0.5) is 14.9 Å². The van der Waals surface area contributed by atoms with Crippen molar-refractivity contribution in [2.75, 3.05) is 0 Å². The number of thioether (sulfide) groups is 1. The van der Waals surface area contributed by atoms with Crippen LogP contribution < -0.4 is 0 Å². The van der Waals surface area contributed by atoms with E-state index >= 15 is 0 Å². The minimum atomic E-state index is -0.520. The summed E-state index contributed by atoms with van der Waals surface area (Å²) in [6.45, 7) is 0.0209. The molecule has 0 saturated carbocycles. The summed E-state index contributed by atoms with van der Waals surface area (Å²) in [4.78, 5) is 36.1. The Morgan fingerprint density at radius 1 is 1.19 bits per heavy atom. The molecule has 6 nitrogen and oxygen atoms in total. The van der Waals surface area contributed by atoms with Crippen molar-refractivity contribution in [1.82, 2.24) is 4.90 Å². The van der Waals surface area contributed by atoms with Crippen molar-refractivity contribution in [2.45, 2.75) is 6.54 Å². The molecule has 1 heterocycles. The number of hydrogen-bond acceptors (Lipinski definition) is 5. The Hall–Kier alpha value is -2.52. The number of halogens is 2. The van der Waals surface area contributed by atoms with Crippen LogP contribution in [0.2, 0.25) is 0 Å². The van der Waals surface area contributed by atoms with Crippen molar-refractivity contribution in [3.05, 3.63) is 78.9 Å². The molecule has 0 radical (unpaired) electrons. The van der Waals surface area contributed by atoms with Gasteiger partial charge in [-0.3, -0.25) is 24.6 Å². The summed E-state index contributed by atoms with van der Waals surface area (Å²) >= 11 is 3.87. The van der Waals surface area contributed by atoms with Crippen LogP contribution in [-0.2, 0) is 11.3 Å². The normalized spacial score (nSPS) is 15.8. The van der Waals surface area contributed by atoms with Gasteiger partial charge in [0, 0.05) is 12.1 Å². The van der Waals surface area contributed by atoms with Crippen molar-refractivity contribution >= 4 is 50.6 Å². The van der Waals surface area contributed by atoms with Gasteiger partial charge in [0.2, 0.25) is 0 Å². The largest absolute Gasteiger partial charge is 0.293 e. The molecular formula is C17H10BrFN2O4S. The number of imide groups is 1. The highest BCUT2D eigenvalue weighted by molar-refractivity contribution is 9.10. The topological polar surface area (TPSA) is 80.5 Å². The average molecular weight is 437 g/mol. The lowest BCUT2D eigenvalue weighted by Gasteiger charge is -2.12. The highest BCUT2D eigenvalue weighted by atomic mass is 79.9. The highest BCUT2D eigenvalue weighted by Gasteiger charge is 2.35. The predicted octanol–water partition coefficient (Wildman–Crippen LogP) is 4.73.